The number of halogens is 3. The summed E-state index contributed by atoms with van der Waals surface area (Å²) in [6.07, 6.45) is 2.02. The Morgan fingerprint density at radius 2 is 2.10 bits per heavy atom. The molecular formula is C12H15ClF2N2O3S. The molecule has 1 unspecified atom stereocenters. The molecule has 21 heavy (non-hydrogen) atoms. The van der Waals surface area contributed by atoms with Gasteiger partial charge in [-0.25, -0.2) is 13.1 Å². The molecule has 1 aliphatic rings. The average molecular weight is 341 g/mol. The summed E-state index contributed by atoms with van der Waals surface area (Å²) >= 11 is 5.73. The number of ether oxygens (including phenoxy) is 1. The Morgan fingerprint density at radius 3 is 2.62 bits per heavy atom. The Hall–Kier alpha value is -0.960. The monoisotopic (exact) mass is 340 g/mol. The topological polar surface area (TPSA) is 81.4 Å². The molecule has 1 fully saturated rings. The number of rotatable bonds is 7. The lowest BCUT2D eigenvalue weighted by Crippen LogP contribution is -2.38. The van der Waals surface area contributed by atoms with Gasteiger partial charge >= 0.3 is 6.61 Å². The van der Waals surface area contributed by atoms with E-state index in [0.717, 1.165) is 31.0 Å². The third kappa shape index (κ3) is 4.50. The standard InChI is InChI=1S/C12H15ClF2N2O3S/c13-9-5-8(3-4-11(9)20-12(14)15)21(18,19)17-6-10(16)7-1-2-7/h3-5,7,10,12,17H,1-2,6,16H2. The van der Waals surface area contributed by atoms with Gasteiger partial charge in [0.15, 0.2) is 0 Å². The van der Waals surface area contributed by atoms with Gasteiger partial charge in [-0.2, -0.15) is 8.78 Å². The summed E-state index contributed by atoms with van der Waals surface area (Å²) in [6.45, 7) is -2.90. The molecule has 0 amide bonds. The highest BCUT2D eigenvalue weighted by Gasteiger charge is 2.29. The number of hydrogen-bond donors (Lipinski definition) is 2. The summed E-state index contributed by atoms with van der Waals surface area (Å²) in [5.74, 6) is 0.0819. The minimum atomic E-state index is -3.79. The number of hydrogen-bond acceptors (Lipinski definition) is 4. The number of nitrogens with one attached hydrogen (secondary N) is 1. The lowest BCUT2D eigenvalue weighted by atomic mass is 10.2. The van der Waals surface area contributed by atoms with E-state index in [9.17, 15) is 17.2 Å². The van der Waals surface area contributed by atoms with Crippen molar-refractivity contribution >= 4 is 21.6 Å². The molecule has 0 spiro atoms. The molecule has 0 saturated heterocycles. The highest BCUT2D eigenvalue weighted by Crippen LogP contribution is 2.31. The van der Waals surface area contributed by atoms with Crippen molar-refractivity contribution in [1.82, 2.24) is 4.72 Å². The first-order valence-electron chi connectivity index (χ1n) is 6.29. The van der Waals surface area contributed by atoms with Crippen LogP contribution in [0.2, 0.25) is 5.02 Å². The van der Waals surface area contributed by atoms with Crippen LogP contribution in [0.4, 0.5) is 8.78 Å². The van der Waals surface area contributed by atoms with E-state index < -0.39 is 16.6 Å². The highest BCUT2D eigenvalue weighted by molar-refractivity contribution is 7.89. The molecule has 118 valence electrons. The van der Waals surface area contributed by atoms with Gasteiger partial charge in [-0.15, -0.1) is 0 Å². The van der Waals surface area contributed by atoms with Gasteiger partial charge in [-0.05, 0) is 37.0 Å². The highest BCUT2D eigenvalue weighted by atomic mass is 35.5. The summed E-state index contributed by atoms with van der Waals surface area (Å²) in [5.41, 5.74) is 5.82. The molecule has 0 bridgehead atoms. The normalized spacial score (nSPS) is 17.0. The summed E-state index contributed by atoms with van der Waals surface area (Å²) in [6, 6.07) is 3.07. The number of nitrogens with two attached hydrogens (primary N) is 1. The first-order chi connectivity index (χ1) is 9.79. The lowest BCUT2D eigenvalue weighted by molar-refractivity contribution is -0.0498. The van der Waals surface area contributed by atoms with Gasteiger partial charge in [0.25, 0.3) is 0 Å². The quantitative estimate of drug-likeness (QED) is 0.795. The minimum Gasteiger partial charge on any atom is -0.433 e. The van der Waals surface area contributed by atoms with Crippen molar-refractivity contribution in [3.05, 3.63) is 23.2 Å². The molecule has 1 aliphatic carbocycles. The van der Waals surface area contributed by atoms with E-state index in [1.807, 2.05) is 0 Å². The Bertz CT molecular complexity index is 609. The van der Waals surface area contributed by atoms with Gasteiger partial charge in [0.1, 0.15) is 5.75 Å². The summed E-state index contributed by atoms with van der Waals surface area (Å²) in [7, 11) is -3.79. The fraction of sp³-hybridized carbons (Fsp3) is 0.500. The second-order valence-corrected chi connectivity index (χ2v) is 7.00. The van der Waals surface area contributed by atoms with E-state index in [1.54, 1.807) is 0 Å². The second kappa shape index (κ2) is 6.43. The first-order valence-corrected chi connectivity index (χ1v) is 8.15. The predicted molar refractivity (Wildman–Crippen MR) is 74.0 cm³/mol. The van der Waals surface area contributed by atoms with Gasteiger partial charge in [-0.1, -0.05) is 11.6 Å². The maximum Gasteiger partial charge on any atom is 0.387 e. The summed E-state index contributed by atoms with van der Waals surface area (Å²) in [5, 5.41) is -0.204. The van der Waals surface area contributed by atoms with Crippen LogP contribution < -0.4 is 15.2 Å². The van der Waals surface area contributed by atoms with Gasteiger partial charge in [0, 0.05) is 12.6 Å². The van der Waals surface area contributed by atoms with Gasteiger partial charge in [0.05, 0.1) is 9.92 Å². The van der Waals surface area contributed by atoms with Crippen molar-refractivity contribution in [2.24, 2.45) is 11.7 Å². The second-order valence-electron chi connectivity index (χ2n) is 4.82. The predicted octanol–water partition coefficient (Wildman–Crippen LogP) is 1.96. The van der Waals surface area contributed by atoms with Crippen LogP contribution >= 0.6 is 11.6 Å². The largest absolute Gasteiger partial charge is 0.433 e. The molecule has 0 radical (unpaired) electrons. The Morgan fingerprint density at radius 1 is 1.43 bits per heavy atom. The maximum atomic E-state index is 12.1. The van der Waals surface area contributed by atoms with E-state index >= 15 is 0 Å². The van der Waals surface area contributed by atoms with Crippen LogP contribution in [0.25, 0.3) is 0 Å². The van der Waals surface area contributed by atoms with Crippen molar-refractivity contribution in [1.29, 1.82) is 0 Å². The van der Waals surface area contributed by atoms with Gasteiger partial charge in [0.2, 0.25) is 10.0 Å². The molecule has 0 heterocycles. The van der Waals surface area contributed by atoms with Crippen LogP contribution in [0.5, 0.6) is 5.75 Å². The molecular weight excluding hydrogens is 326 g/mol. The molecule has 1 atom stereocenters. The lowest BCUT2D eigenvalue weighted by Gasteiger charge is -2.13. The van der Waals surface area contributed by atoms with Gasteiger partial charge in [-0.3, -0.25) is 0 Å². The zero-order valence-electron chi connectivity index (χ0n) is 10.9. The first kappa shape index (κ1) is 16.4. The molecule has 1 saturated carbocycles. The third-order valence-electron chi connectivity index (χ3n) is 3.17. The van der Waals surface area contributed by atoms with Crippen molar-refractivity contribution < 1.29 is 21.9 Å². The summed E-state index contributed by atoms with van der Waals surface area (Å²) < 4.78 is 54.8. The van der Waals surface area contributed by atoms with E-state index in [0.29, 0.717) is 5.92 Å². The number of alkyl halides is 2. The smallest absolute Gasteiger partial charge is 0.387 e. The van der Waals surface area contributed by atoms with Crippen LogP contribution in [0.3, 0.4) is 0 Å². The van der Waals surface area contributed by atoms with Crippen molar-refractivity contribution in [2.75, 3.05) is 6.54 Å². The Kier molecular flexibility index (Phi) is 5.03. The Labute approximate surface area is 126 Å². The molecule has 3 N–H and O–H groups in total. The van der Waals surface area contributed by atoms with Crippen LogP contribution in [0, 0.1) is 5.92 Å². The molecule has 0 aromatic heterocycles. The van der Waals surface area contributed by atoms with Crippen molar-refractivity contribution in [3.63, 3.8) is 0 Å². The molecule has 5 nitrogen and oxygen atoms in total. The van der Waals surface area contributed by atoms with E-state index in [-0.39, 0.29) is 28.3 Å². The van der Waals surface area contributed by atoms with Crippen LogP contribution in [-0.2, 0) is 10.0 Å². The van der Waals surface area contributed by atoms with Crippen LogP contribution in [0.1, 0.15) is 12.8 Å². The van der Waals surface area contributed by atoms with Gasteiger partial charge < -0.3 is 10.5 Å². The van der Waals surface area contributed by atoms with Crippen molar-refractivity contribution in [2.45, 2.75) is 30.4 Å². The molecule has 2 rings (SSSR count). The minimum absolute atomic E-state index is 0.125. The number of sulfonamides is 1. The molecule has 1 aromatic carbocycles. The van der Waals surface area contributed by atoms with Crippen LogP contribution in [-0.4, -0.2) is 27.6 Å². The zero-order chi connectivity index (χ0) is 15.6. The van der Waals surface area contributed by atoms with E-state index in [4.69, 9.17) is 17.3 Å². The number of benzene rings is 1. The fourth-order valence-electron chi connectivity index (χ4n) is 1.82. The van der Waals surface area contributed by atoms with E-state index in [1.165, 1.54) is 0 Å². The van der Waals surface area contributed by atoms with Crippen LogP contribution in [0.15, 0.2) is 23.1 Å². The summed E-state index contributed by atoms with van der Waals surface area (Å²) in [4.78, 5) is -0.128. The maximum absolute atomic E-state index is 12.1. The molecule has 1 aromatic rings. The van der Waals surface area contributed by atoms with Crippen molar-refractivity contribution in [3.8, 4) is 5.75 Å². The molecule has 9 heteroatoms. The van der Waals surface area contributed by atoms with E-state index in [2.05, 4.69) is 9.46 Å². The molecule has 0 aliphatic heterocycles. The Balaban J connectivity index is 2.06. The zero-order valence-corrected chi connectivity index (χ0v) is 12.5. The SMILES string of the molecule is NC(CNS(=O)(=O)c1ccc(OC(F)F)c(Cl)c1)C1CC1. The fourth-order valence-corrected chi connectivity index (χ4v) is 3.21. The third-order valence-corrected chi connectivity index (χ3v) is 4.88. The average Bonchev–Trinajstić information content (AvgIpc) is 3.22.